The normalized spacial score (nSPS) is 14.2. The van der Waals surface area contributed by atoms with Crippen molar-refractivity contribution in [3.63, 3.8) is 0 Å². The van der Waals surface area contributed by atoms with E-state index < -0.39 is 33.7 Å². The van der Waals surface area contributed by atoms with Crippen LogP contribution in [0.4, 0.5) is 13.2 Å². The van der Waals surface area contributed by atoms with Crippen molar-refractivity contribution in [2.45, 2.75) is 20.0 Å². The molecule has 1 aromatic heterocycles. The van der Waals surface area contributed by atoms with E-state index in [2.05, 4.69) is 4.98 Å². The number of carboxylic acids is 2. The van der Waals surface area contributed by atoms with Crippen LogP contribution in [-0.4, -0.2) is 82.6 Å². The van der Waals surface area contributed by atoms with Crippen molar-refractivity contribution in [1.82, 2.24) is 14.2 Å². The molecule has 1 amide bonds. The van der Waals surface area contributed by atoms with Gasteiger partial charge < -0.3 is 15.1 Å². The number of aromatic nitrogens is 1. The molecule has 0 aliphatic carbocycles. The van der Waals surface area contributed by atoms with Crippen LogP contribution in [0.5, 0.6) is 0 Å². The summed E-state index contributed by atoms with van der Waals surface area (Å²) in [5, 5.41) is 17.4. The van der Waals surface area contributed by atoms with Crippen molar-refractivity contribution in [3.05, 3.63) is 106 Å². The van der Waals surface area contributed by atoms with Crippen LogP contribution in [-0.2, 0) is 16.2 Å². The predicted molar refractivity (Wildman–Crippen MR) is 156 cm³/mol. The maximum atomic E-state index is 12.6. The summed E-state index contributed by atoms with van der Waals surface area (Å²) in [7, 11) is -3.59. The maximum absolute atomic E-state index is 12.6. The highest BCUT2D eigenvalue weighted by atomic mass is 32.2. The number of aromatic carboxylic acids is 2. The number of sulfonamides is 1. The van der Waals surface area contributed by atoms with Crippen LogP contribution in [0.1, 0.15) is 53.3 Å². The first-order valence-electron chi connectivity index (χ1n) is 13.2. The summed E-state index contributed by atoms with van der Waals surface area (Å²) in [6.45, 7) is 4.23. The summed E-state index contributed by atoms with van der Waals surface area (Å²) >= 11 is 0. The minimum Gasteiger partial charge on any atom is -0.478 e. The first-order valence-corrected chi connectivity index (χ1v) is 14.8. The summed E-state index contributed by atoms with van der Waals surface area (Å²) in [5.74, 6) is -2.68. The number of carbonyl (C=O) groups excluding carboxylic acids is 1. The van der Waals surface area contributed by atoms with Gasteiger partial charge in [-0.25, -0.2) is 18.0 Å². The number of halogens is 3. The number of hydrogen-bond donors (Lipinski definition) is 2. The van der Waals surface area contributed by atoms with Crippen molar-refractivity contribution >= 4 is 33.9 Å². The Morgan fingerprint density at radius 3 is 1.98 bits per heavy atom. The average molecular weight is 634 g/mol. The van der Waals surface area contributed by atoms with Gasteiger partial charge in [0.2, 0.25) is 10.0 Å². The van der Waals surface area contributed by atoms with Gasteiger partial charge in [-0.15, -0.1) is 0 Å². The highest BCUT2D eigenvalue weighted by Gasteiger charge is 2.30. The number of rotatable bonds is 7. The minimum atomic E-state index is -4.41. The highest BCUT2D eigenvalue weighted by Crippen LogP contribution is 2.29. The van der Waals surface area contributed by atoms with Gasteiger partial charge in [0.15, 0.2) is 0 Å². The number of amides is 1. The van der Waals surface area contributed by atoms with Crippen molar-refractivity contribution < 1.29 is 46.2 Å². The predicted octanol–water partition coefficient (Wildman–Crippen LogP) is 4.60. The molecule has 4 rings (SSSR count). The van der Waals surface area contributed by atoms with E-state index >= 15 is 0 Å². The number of alkyl halides is 3. The molecule has 2 aromatic carbocycles. The molecule has 1 aliphatic heterocycles. The van der Waals surface area contributed by atoms with Crippen LogP contribution in [0.3, 0.4) is 0 Å². The van der Waals surface area contributed by atoms with E-state index in [-0.39, 0.29) is 54.5 Å². The topological polar surface area (TPSA) is 145 Å². The van der Waals surface area contributed by atoms with Crippen molar-refractivity contribution in [1.29, 1.82) is 0 Å². The van der Waals surface area contributed by atoms with Gasteiger partial charge in [0.05, 0.1) is 28.0 Å². The molecule has 14 heteroatoms. The lowest BCUT2D eigenvalue weighted by atomic mass is 10.0. The Kier molecular flexibility index (Phi) is 11.0. The summed E-state index contributed by atoms with van der Waals surface area (Å²) < 4.78 is 64.2. The molecule has 2 N–H and O–H groups in total. The number of carbonyl (C=O) groups is 3. The van der Waals surface area contributed by atoms with E-state index in [1.807, 2.05) is 6.92 Å². The van der Waals surface area contributed by atoms with Crippen LogP contribution in [0.15, 0.2) is 67.0 Å². The molecular formula is C30H30F3N3O7S. The molecule has 1 saturated heterocycles. The molecule has 0 bridgehead atoms. The fourth-order valence-corrected chi connectivity index (χ4v) is 5.59. The van der Waals surface area contributed by atoms with E-state index in [0.29, 0.717) is 11.1 Å². The van der Waals surface area contributed by atoms with Gasteiger partial charge in [-0.3, -0.25) is 9.78 Å². The van der Waals surface area contributed by atoms with Crippen molar-refractivity contribution in [3.8, 4) is 0 Å². The van der Waals surface area contributed by atoms with Gasteiger partial charge in [0.25, 0.3) is 5.91 Å². The molecule has 10 nitrogen and oxygen atoms in total. The fourth-order valence-electron chi connectivity index (χ4n) is 4.32. The minimum absolute atomic E-state index is 0.0277. The summed E-state index contributed by atoms with van der Waals surface area (Å²) in [6.07, 6.45) is 1.62. The Morgan fingerprint density at radius 2 is 1.48 bits per heavy atom. The number of benzene rings is 2. The van der Waals surface area contributed by atoms with E-state index in [1.165, 1.54) is 59.9 Å². The Hall–Kier alpha value is -4.56. The van der Waals surface area contributed by atoms with E-state index in [9.17, 15) is 36.0 Å². The monoisotopic (exact) mass is 633 g/mol. The number of nitrogens with zero attached hydrogens (tertiary/aromatic N) is 3. The third-order valence-electron chi connectivity index (χ3n) is 6.69. The number of piperazine rings is 1. The second-order valence-corrected chi connectivity index (χ2v) is 11.8. The third kappa shape index (κ3) is 8.97. The molecule has 1 aliphatic rings. The molecule has 234 valence electrons. The molecule has 2 heterocycles. The Bertz CT molecular complexity index is 1620. The second kappa shape index (κ2) is 14.3. The highest BCUT2D eigenvalue weighted by molar-refractivity contribution is 7.89. The number of aryl methyl sites for hydroxylation is 1. The quantitative estimate of drug-likeness (QED) is 0.384. The first-order chi connectivity index (χ1) is 20.6. The molecule has 0 saturated carbocycles. The van der Waals surface area contributed by atoms with Crippen LogP contribution < -0.4 is 0 Å². The molecule has 0 atom stereocenters. The maximum Gasteiger partial charge on any atom is 0.416 e. The fraction of sp³-hybridized carbons (Fsp3) is 0.267. The Morgan fingerprint density at radius 1 is 0.909 bits per heavy atom. The van der Waals surface area contributed by atoms with Crippen LogP contribution in [0.2, 0.25) is 0 Å². The van der Waals surface area contributed by atoms with Gasteiger partial charge >= 0.3 is 18.1 Å². The van der Waals surface area contributed by atoms with Gasteiger partial charge in [-0.05, 0) is 60.9 Å². The Balaban J connectivity index is 0.000000340. The van der Waals surface area contributed by atoms with Gasteiger partial charge in [-0.1, -0.05) is 30.4 Å². The summed E-state index contributed by atoms with van der Waals surface area (Å²) in [6, 6.07) is 10.4. The average Bonchev–Trinajstić information content (AvgIpc) is 2.97. The second-order valence-electron chi connectivity index (χ2n) is 9.83. The molecule has 0 unspecified atom stereocenters. The van der Waals surface area contributed by atoms with E-state index in [1.54, 1.807) is 17.2 Å². The van der Waals surface area contributed by atoms with Crippen molar-refractivity contribution in [2.75, 3.05) is 31.9 Å². The molecule has 3 aromatic rings. The molecule has 0 radical (unpaired) electrons. The largest absolute Gasteiger partial charge is 0.478 e. The lowest BCUT2D eigenvalue weighted by Crippen LogP contribution is -2.50. The molecule has 0 spiro atoms. The first kappa shape index (κ1) is 33.9. The molecule has 1 fully saturated rings. The van der Waals surface area contributed by atoms with Crippen LogP contribution in [0.25, 0.3) is 6.08 Å². The smallest absolute Gasteiger partial charge is 0.416 e. The van der Waals surface area contributed by atoms with E-state index in [0.717, 1.165) is 17.7 Å². The van der Waals surface area contributed by atoms with Crippen molar-refractivity contribution in [2.24, 2.45) is 0 Å². The molecule has 44 heavy (non-hydrogen) atoms. The van der Waals surface area contributed by atoms with Gasteiger partial charge in [-0.2, -0.15) is 17.5 Å². The Labute approximate surface area is 252 Å². The lowest BCUT2D eigenvalue weighted by molar-refractivity contribution is -0.137. The zero-order valence-electron chi connectivity index (χ0n) is 23.8. The van der Waals surface area contributed by atoms with E-state index in [4.69, 9.17) is 10.2 Å². The zero-order chi connectivity index (χ0) is 32.7. The lowest BCUT2D eigenvalue weighted by Gasteiger charge is -2.33. The van der Waals surface area contributed by atoms with Crippen LogP contribution >= 0.6 is 0 Å². The van der Waals surface area contributed by atoms with Gasteiger partial charge in [0.1, 0.15) is 0 Å². The number of pyridine rings is 1. The summed E-state index contributed by atoms with van der Waals surface area (Å²) in [5.41, 5.74) is 1.39. The SMILES string of the molecule is Cc1c(C(=O)O)cccc1C(=O)O.Cc1cncc(C(=O)N2CCN(S(=O)(=O)CC=Cc3ccc(C(F)(F)F)cc3)CC2)c1. The van der Waals surface area contributed by atoms with Crippen LogP contribution in [0, 0.1) is 13.8 Å². The standard InChI is InChI=1S/C21H22F3N3O3S.C9H8O4/c1-16-13-18(15-25-14-16)20(28)26-8-10-27(11-9-26)31(29,30)12-2-3-17-4-6-19(7-5-17)21(22,23)24;1-5-6(8(10)11)3-2-4-7(5)9(12)13/h2-7,13-15H,8-12H2,1H3;2-4H,1H3,(H,10,11)(H,12,13). The summed E-state index contributed by atoms with van der Waals surface area (Å²) in [4.78, 5) is 39.4. The zero-order valence-corrected chi connectivity index (χ0v) is 24.6. The van der Waals surface area contributed by atoms with Gasteiger partial charge in [0, 0.05) is 38.6 Å². The molecular weight excluding hydrogens is 603 g/mol. The number of carboxylic acid groups (broad SMARTS) is 2. The third-order valence-corrected chi connectivity index (χ3v) is 8.46. The number of hydrogen-bond acceptors (Lipinski definition) is 6.